The van der Waals surface area contributed by atoms with E-state index in [4.69, 9.17) is 10.00 Å². The van der Waals surface area contributed by atoms with Gasteiger partial charge in [0.2, 0.25) is 0 Å². The predicted molar refractivity (Wildman–Crippen MR) is 60.5 cm³/mol. The highest BCUT2D eigenvalue weighted by Gasteiger charge is 2.20. The molecule has 0 radical (unpaired) electrons. The molecular formula is C12H22N2O. The number of hydrogen-bond donors (Lipinski definition) is 0. The molecule has 86 valence electrons. The molecule has 0 bridgehead atoms. The van der Waals surface area contributed by atoms with Gasteiger partial charge in [-0.3, -0.25) is 0 Å². The molecule has 1 aliphatic carbocycles. The summed E-state index contributed by atoms with van der Waals surface area (Å²) in [6.07, 6.45) is 5.55. The van der Waals surface area contributed by atoms with Crippen molar-refractivity contribution in [3.05, 3.63) is 0 Å². The molecule has 0 spiro atoms. The molecule has 1 fully saturated rings. The highest BCUT2D eigenvalue weighted by atomic mass is 16.5. The largest absolute Gasteiger partial charge is 0.380 e. The molecule has 1 aliphatic rings. The molecule has 0 heterocycles. The standard InChI is InChI=1S/C12H22N2O/c1-14(8-4-2-3-7-13)9-10-15-11-12-5-6-12/h12H,2-6,8-11H2,1H3. The molecule has 0 aromatic rings. The van der Waals surface area contributed by atoms with E-state index in [-0.39, 0.29) is 0 Å². The maximum Gasteiger partial charge on any atom is 0.0621 e. The van der Waals surface area contributed by atoms with Crippen LogP contribution in [0.3, 0.4) is 0 Å². The predicted octanol–water partition coefficient (Wildman–Crippen LogP) is 2.04. The fourth-order valence-electron chi connectivity index (χ4n) is 1.45. The van der Waals surface area contributed by atoms with Crippen LogP contribution in [0, 0.1) is 17.2 Å². The van der Waals surface area contributed by atoms with Crippen LogP contribution in [0.15, 0.2) is 0 Å². The molecule has 1 saturated carbocycles. The molecule has 0 amide bonds. The third kappa shape index (κ3) is 7.35. The minimum atomic E-state index is 0.687. The SMILES string of the molecule is CN(CCCCC#N)CCOCC1CC1. The Bertz CT molecular complexity index is 196. The lowest BCUT2D eigenvalue weighted by Crippen LogP contribution is -2.24. The van der Waals surface area contributed by atoms with Crippen molar-refractivity contribution in [1.29, 1.82) is 5.26 Å². The summed E-state index contributed by atoms with van der Waals surface area (Å²) < 4.78 is 5.56. The van der Waals surface area contributed by atoms with Crippen LogP contribution in [0.1, 0.15) is 32.1 Å². The molecule has 0 aliphatic heterocycles. The van der Waals surface area contributed by atoms with Gasteiger partial charge in [-0.25, -0.2) is 0 Å². The summed E-state index contributed by atoms with van der Waals surface area (Å²) in [5.74, 6) is 0.867. The molecule has 0 unspecified atom stereocenters. The Labute approximate surface area is 93.0 Å². The second-order valence-corrected chi connectivity index (χ2v) is 4.44. The molecule has 0 aromatic carbocycles. The zero-order valence-corrected chi connectivity index (χ0v) is 9.74. The summed E-state index contributed by atoms with van der Waals surface area (Å²) in [5.41, 5.74) is 0. The molecule has 0 saturated heterocycles. The molecule has 0 atom stereocenters. The fourth-order valence-corrected chi connectivity index (χ4v) is 1.45. The van der Waals surface area contributed by atoms with Crippen LogP contribution >= 0.6 is 0 Å². The van der Waals surface area contributed by atoms with Crippen molar-refractivity contribution >= 4 is 0 Å². The summed E-state index contributed by atoms with van der Waals surface area (Å²) >= 11 is 0. The maximum absolute atomic E-state index is 8.38. The normalized spacial score (nSPS) is 15.5. The van der Waals surface area contributed by atoms with E-state index in [0.29, 0.717) is 6.42 Å². The van der Waals surface area contributed by atoms with Gasteiger partial charge < -0.3 is 9.64 Å². The number of likely N-dealkylation sites (N-methyl/N-ethyl adjacent to an activating group) is 1. The number of nitriles is 1. The zero-order chi connectivity index (χ0) is 10.9. The fraction of sp³-hybridized carbons (Fsp3) is 0.917. The summed E-state index contributed by atoms with van der Waals surface area (Å²) in [6.45, 7) is 3.90. The van der Waals surface area contributed by atoms with E-state index in [0.717, 1.165) is 45.1 Å². The Morgan fingerprint density at radius 1 is 1.33 bits per heavy atom. The minimum Gasteiger partial charge on any atom is -0.380 e. The summed E-state index contributed by atoms with van der Waals surface area (Å²) in [6, 6.07) is 2.17. The van der Waals surface area contributed by atoms with Gasteiger partial charge in [-0.15, -0.1) is 0 Å². The highest BCUT2D eigenvalue weighted by Crippen LogP contribution is 2.28. The van der Waals surface area contributed by atoms with Gasteiger partial charge >= 0.3 is 0 Å². The minimum absolute atomic E-state index is 0.687. The summed E-state index contributed by atoms with van der Waals surface area (Å²) in [4.78, 5) is 2.28. The topological polar surface area (TPSA) is 36.3 Å². The molecule has 1 rings (SSSR count). The number of ether oxygens (including phenoxy) is 1. The summed E-state index contributed by atoms with van der Waals surface area (Å²) in [7, 11) is 2.12. The first-order valence-electron chi connectivity index (χ1n) is 5.96. The van der Waals surface area contributed by atoms with Crippen LogP contribution in [0.2, 0.25) is 0 Å². The van der Waals surface area contributed by atoms with Gasteiger partial charge in [-0.1, -0.05) is 0 Å². The average molecular weight is 210 g/mol. The van der Waals surface area contributed by atoms with Crippen molar-refractivity contribution < 1.29 is 4.74 Å². The van der Waals surface area contributed by atoms with Crippen molar-refractivity contribution in [2.45, 2.75) is 32.1 Å². The van der Waals surface area contributed by atoms with Crippen molar-refractivity contribution in [1.82, 2.24) is 4.90 Å². The lowest BCUT2D eigenvalue weighted by molar-refractivity contribution is 0.103. The quantitative estimate of drug-likeness (QED) is 0.546. The van der Waals surface area contributed by atoms with E-state index in [9.17, 15) is 0 Å². The second kappa shape index (κ2) is 7.67. The van der Waals surface area contributed by atoms with Crippen molar-refractivity contribution in [3.63, 3.8) is 0 Å². The lowest BCUT2D eigenvalue weighted by Gasteiger charge is -2.15. The van der Waals surface area contributed by atoms with Crippen LogP contribution in [0.5, 0.6) is 0 Å². The Morgan fingerprint density at radius 3 is 2.80 bits per heavy atom. The second-order valence-electron chi connectivity index (χ2n) is 4.44. The third-order valence-electron chi connectivity index (χ3n) is 2.75. The van der Waals surface area contributed by atoms with Gasteiger partial charge in [-0.05, 0) is 45.2 Å². The number of nitrogens with zero attached hydrogens (tertiary/aromatic N) is 2. The number of rotatable bonds is 9. The first-order valence-corrected chi connectivity index (χ1v) is 5.96. The number of unbranched alkanes of at least 4 members (excludes halogenated alkanes) is 2. The Morgan fingerprint density at radius 2 is 2.13 bits per heavy atom. The zero-order valence-electron chi connectivity index (χ0n) is 9.74. The van der Waals surface area contributed by atoms with Crippen LogP contribution in [-0.4, -0.2) is 38.3 Å². The molecular weight excluding hydrogens is 188 g/mol. The first kappa shape index (κ1) is 12.5. The molecule has 0 N–H and O–H groups in total. The summed E-state index contributed by atoms with van der Waals surface area (Å²) in [5, 5.41) is 8.38. The van der Waals surface area contributed by atoms with Gasteiger partial charge in [0.05, 0.1) is 12.7 Å². The van der Waals surface area contributed by atoms with Crippen LogP contribution in [0.4, 0.5) is 0 Å². The molecule has 3 nitrogen and oxygen atoms in total. The van der Waals surface area contributed by atoms with Crippen molar-refractivity contribution in [2.75, 3.05) is 33.4 Å². The van der Waals surface area contributed by atoms with Crippen LogP contribution < -0.4 is 0 Å². The average Bonchev–Trinajstić information content (AvgIpc) is 3.03. The van der Waals surface area contributed by atoms with Gasteiger partial charge in [0.25, 0.3) is 0 Å². The van der Waals surface area contributed by atoms with E-state index in [1.54, 1.807) is 0 Å². The smallest absolute Gasteiger partial charge is 0.0621 e. The molecule has 0 aromatic heterocycles. The monoisotopic (exact) mass is 210 g/mol. The maximum atomic E-state index is 8.38. The van der Waals surface area contributed by atoms with Crippen LogP contribution in [0.25, 0.3) is 0 Å². The van der Waals surface area contributed by atoms with Crippen molar-refractivity contribution in [3.8, 4) is 6.07 Å². The van der Waals surface area contributed by atoms with Crippen LogP contribution in [-0.2, 0) is 4.74 Å². The number of hydrogen-bond acceptors (Lipinski definition) is 3. The Hall–Kier alpha value is -0.590. The van der Waals surface area contributed by atoms with Gasteiger partial charge in [-0.2, -0.15) is 5.26 Å². The van der Waals surface area contributed by atoms with Gasteiger partial charge in [0.15, 0.2) is 0 Å². The Balaban J connectivity index is 1.80. The van der Waals surface area contributed by atoms with Crippen molar-refractivity contribution in [2.24, 2.45) is 5.92 Å². The third-order valence-corrected chi connectivity index (χ3v) is 2.75. The highest BCUT2D eigenvalue weighted by molar-refractivity contribution is 4.72. The van der Waals surface area contributed by atoms with E-state index in [1.165, 1.54) is 12.8 Å². The van der Waals surface area contributed by atoms with Gasteiger partial charge in [0, 0.05) is 19.6 Å². The molecule has 3 heteroatoms. The lowest BCUT2D eigenvalue weighted by atomic mass is 10.2. The first-order chi connectivity index (χ1) is 7.33. The van der Waals surface area contributed by atoms with E-state index in [1.807, 2.05) is 0 Å². The van der Waals surface area contributed by atoms with Gasteiger partial charge in [0.1, 0.15) is 0 Å². The van der Waals surface area contributed by atoms with E-state index >= 15 is 0 Å². The van der Waals surface area contributed by atoms with E-state index < -0.39 is 0 Å². The molecule has 15 heavy (non-hydrogen) atoms. The Kier molecular flexibility index (Phi) is 6.38. The van der Waals surface area contributed by atoms with E-state index in [2.05, 4.69) is 18.0 Å².